The maximum Gasteiger partial charge on any atom is 0.171 e. The predicted octanol–water partition coefficient (Wildman–Crippen LogP) is 3.81. The van der Waals surface area contributed by atoms with E-state index >= 15 is 0 Å². The van der Waals surface area contributed by atoms with Crippen LogP contribution in [0.4, 0.5) is 5.82 Å². The molecule has 0 bridgehead atoms. The van der Waals surface area contributed by atoms with Crippen molar-refractivity contribution in [3.8, 4) is 0 Å². The zero-order valence-corrected chi connectivity index (χ0v) is 16.2. The summed E-state index contributed by atoms with van der Waals surface area (Å²) in [6.45, 7) is 2.18. The fourth-order valence-corrected chi connectivity index (χ4v) is 2.85. The first-order chi connectivity index (χ1) is 12.6. The van der Waals surface area contributed by atoms with E-state index in [2.05, 4.69) is 20.8 Å². The van der Waals surface area contributed by atoms with Gasteiger partial charge in [-0.2, -0.15) is 10.2 Å². The number of rotatable bonds is 7. The summed E-state index contributed by atoms with van der Waals surface area (Å²) >= 11 is 17.0. The highest BCUT2D eigenvalue weighted by Crippen LogP contribution is 2.11. The summed E-state index contributed by atoms with van der Waals surface area (Å²) in [5, 5.41) is 16.7. The molecule has 136 valence electrons. The van der Waals surface area contributed by atoms with Crippen LogP contribution in [0.25, 0.3) is 0 Å². The van der Waals surface area contributed by atoms with E-state index in [0.717, 1.165) is 30.1 Å². The van der Waals surface area contributed by atoms with Gasteiger partial charge in [0.25, 0.3) is 0 Å². The van der Waals surface area contributed by atoms with Gasteiger partial charge in [-0.05, 0) is 36.3 Å². The average Bonchev–Trinajstić information content (AvgIpc) is 3.23. The molecule has 0 aliphatic rings. The topological polar surface area (TPSA) is 59.7 Å². The SMILES string of the molecule is S=C(NCCCn1cc(Cl)cn1)Nc1ccn(Cc2ccc(Cl)cc2)n1. The van der Waals surface area contributed by atoms with Crippen LogP contribution in [-0.4, -0.2) is 31.2 Å². The molecular weight excluding hydrogens is 391 g/mol. The van der Waals surface area contributed by atoms with Gasteiger partial charge in [0.2, 0.25) is 0 Å². The van der Waals surface area contributed by atoms with Crippen LogP contribution >= 0.6 is 35.4 Å². The highest BCUT2D eigenvalue weighted by Gasteiger charge is 2.03. The van der Waals surface area contributed by atoms with Crippen LogP contribution in [-0.2, 0) is 13.1 Å². The number of hydrogen-bond donors (Lipinski definition) is 2. The Bertz CT molecular complexity index is 858. The molecule has 0 aliphatic heterocycles. The van der Waals surface area contributed by atoms with E-state index < -0.39 is 0 Å². The average molecular weight is 409 g/mol. The Kier molecular flexibility index (Phi) is 6.49. The summed E-state index contributed by atoms with van der Waals surface area (Å²) in [5.74, 6) is 0.704. The zero-order chi connectivity index (χ0) is 18.4. The Morgan fingerprint density at radius 3 is 2.62 bits per heavy atom. The van der Waals surface area contributed by atoms with Crippen molar-refractivity contribution in [1.82, 2.24) is 24.9 Å². The molecule has 0 spiro atoms. The molecule has 0 unspecified atom stereocenters. The van der Waals surface area contributed by atoms with Crippen LogP contribution in [0, 0.1) is 0 Å². The lowest BCUT2D eigenvalue weighted by atomic mass is 10.2. The maximum atomic E-state index is 5.90. The van der Waals surface area contributed by atoms with Crippen LogP contribution in [0.15, 0.2) is 48.9 Å². The minimum absolute atomic E-state index is 0.542. The Morgan fingerprint density at radius 1 is 1.08 bits per heavy atom. The van der Waals surface area contributed by atoms with Crippen molar-refractivity contribution in [1.29, 1.82) is 0 Å². The van der Waals surface area contributed by atoms with Crippen molar-refractivity contribution in [3.05, 3.63) is 64.5 Å². The van der Waals surface area contributed by atoms with Gasteiger partial charge in [-0.25, -0.2) is 0 Å². The minimum Gasteiger partial charge on any atom is -0.362 e. The van der Waals surface area contributed by atoms with E-state index in [0.29, 0.717) is 22.5 Å². The Morgan fingerprint density at radius 2 is 1.88 bits per heavy atom. The molecule has 2 aromatic heterocycles. The molecular formula is C17H18Cl2N6S. The van der Waals surface area contributed by atoms with Gasteiger partial charge in [0.05, 0.1) is 17.8 Å². The standard InChI is InChI=1S/C17H18Cl2N6S/c18-14-4-2-13(3-5-14)11-25-9-6-16(23-25)22-17(26)20-7-1-8-24-12-15(19)10-21-24/h2-6,9-10,12H,1,7-8,11H2,(H2,20,22,23,26). The lowest BCUT2D eigenvalue weighted by Gasteiger charge is -2.08. The number of nitrogens with zero attached hydrogens (tertiary/aromatic N) is 4. The van der Waals surface area contributed by atoms with Gasteiger partial charge in [-0.3, -0.25) is 9.36 Å². The third kappa shape index (κ3) is 5.72. The van der Waals surface area contributed by atoms with Crippen LogP contribution in [0.1, 0.15) is 12.0 Å². The number of thiocarbonyl (C=S) groups is 1. The Labute approximate surface area is 167 Å². The van der Waals surface area contributed by atoms with Crippen LogP contribution in [0.2, 0.25) is 10.0 Å². The van der Waals surface area contributed by atoms with Crippen LogP contribution in [0.3, 0.4) is 0 Å². The molecule has 0 atom stereocenters. The number of nitrogens with one attached hydrogen (secondary N) is 2. The van der Waals surface area contributed by atoms with E-state index in [1.165, 1.54) is 0 Å². The first-order valence-electron chi connectivity index (χ1n) is 8.09. The molecule has 2 heterocycles. The third-order valence-corrected chi connectivity index (χ3v) is 4.28. The summed E-state index contributed by atoms with van der Waals surface area (Å²) in [7, 11) is 0. The summed E-state index contributed by atoms with van der Waals surface area (Å²) in [6, 6.07) is 9.59. The number of aromatic nitrogens is 4. The third-order valence-electron chi connectivity index (χ3n) is 3.59. The van der Waals surface area contributed by atoms with E-state index in [1.54, 1.807) is 17.1 Å². The molecule has 3 aromatic rings. The second-order valence-corrected chi connectivity index (χ2v) is 6.96. The van der Waals surface area contributed by atoms with Crippen molar-refractivity contribution in [2.45, 2.75) is 19.5 Å². The lowest BCUT2D eigenvalue weighted by molar-refractivity contribution is 0.574. The molecule has 1 aromatic carbocycles. The molecule has 2 N–H and O–H groups in total. The van der Waals surface area contributed by atoms with Crippen molar-refractivity contribution in [3.63, 3.8) is 0 Å². The maximum absolute atomic E-state index is 5.90. The lowest BCUT2D eigenvalue weighted by Crippen LogP contribution is -2.30. The van der Waals surface area contributed by atoms with E-state index in [-0.39, 0.29) is 0 Å². The van der Waals surface area contributed by atoms with Gasteiger partial charge in [-0.1, -0.05) is 35.3 Å². The van der Waals surface area contributed by atoms with Gasteiger partial charge in [-0.15, -0.1) is 0 Å². The van der Waals surface area contributed by atoms with E-state index in [9.17, 15) is 0 Å². The Hall–Kier alpha value is -2.09. The molecule has 0 amide bonds. The largest absolute Gasteiger partial charge is 0.362 e. The van der Waals surface area contributed by atoms with E-state index in [1.807, 2.05) is 41.2 Å². The highest BCUT2D eigenvalue weighted by molar-refractivity contribution is 7.80. The summed E-state index contributed by atoms with van der Waals surface area (Å²) < 4.78 is 3.65. The van der Waals surface area contributed by atoms with Gasteiger partial charge >= 0.3 is 0 Å². The van der Waals surface area contributed by atoms with Crippen LogP contribution < -0.4 is 10.6 Å². The quantitative estimate of drug-likeness (QED) is 0.459. The number of anilines is 1. The second-order valence-electron chi connectivity index (χ2n) is 5.68. The predicted molar refractivity (Wildman–Crippen MR) is 109 cm³/mol. The molecule has 0 saturated carbocycles. The molecule has 6 nitrogen and oxygen atoms in total. The van der Waals surface area contributed by atoms with Gasteiger partial charge in [0.1, 0.15) is 0 Å². The fraction of sp³-hybridized carbons (Fsp3) is 0.235. The highest BCUT2D eigenvalue weighted by atomic mass is 35.5. The number of hydrogen-bond acceptors (Lipinski definition) is 3. The summed E-state index contributed by atoms with van der Waals surface area (Å²) in [5.41, 5.74) is 1.13. The van der Waals surface area contributed by atoms with Crippen molar-refractivity contribution >= 4 is 46.4 Å². The summed E-state index contributed by atoms with van der Waals surface area (Å²) in [6.07, 6.45) is 6.21. The molecule has 0 aliphatic carbocycles. The van der Waals surface area contributed by atoms with Gasteiger partial charge in [0, 0.05) is 36.6 Å². The van der Waals surface area contributed by atoms with E-state index in [4.69, 9.17) is 35.4 Å². The molecule has 3 rings (SSSR count). The monoisotopic (exact) mass is 408 g/mol. The zero-order valence-electron chi connectivity index (χ0n) is 13.9. The summed E-state index contributed by atoms with van der Waals surface area (Å²) in [4.78, 5) is 0. The molecule has 0 saturated heterocycles. The smallest absolute Gasteiger partial charge is 0.171 e. The van der Waals surface area contributed by atoms with Gasteiger partial charge in [0.15, 0.2) is 10.9 Å². The van der Waals surface area contributed by atoms with Crippen molar-refractivity contribution < 1.29 is 0 Å². The molecule has 9 heteroatoms. The fourth-order valence-electron chi connectivity index (χ4n) is 2.36. The normalized spacial score (nSPS) is 10.7. The minimum atomic E-state index is 0.542. The van der Waals surface area contributed by atoms with Crippen molar-refractivity contribution in [2.75, 3.05) is 11.9 Å². The second kappa shape index (κ2) is 9.02. The number of halogens is 2. The number of benzene rings is 1. The molecule has 0 fully saturated rings. The van der Waals surface area contributed by atoms with Crippen molar-refractivity contribution in [2.24, 2.45) is 0 Å². The molecule has 26 heavy (non-hydrogen) atoms. The Balaban J connectivity index is 1.40. The first kappa shape index (κ1) is 18.7. The van der Waals surface area contributed by atoms with Gasteiger partial charge < -0.3 is 10.6 Å². The number of aryl methyl sites for hydroxylation is 1. The van der Waals surface area contributed by atoms with Crippen LogP contribution in [0.5, 0.6) is 0 Å². The molecule has 0 radical (unpaired) electrons. The first-order valence-corrected chi connectivity index (χ1v) is 9.25.